The maximum absolute atomic E-state index is 13.1. The monoisotopic (exact) mass is 531 g/mol. The van der Waals surface area contributed by atoms with E-state index in [1.807, 2.05) is 23.8 Å². The lowest BCUT2D eigenvalue weighted by Crippen LogP contribution is -2.52. The van der Waals surface area contributed by atoms with Crippen LogP contribution in [0.4, 0.5) is 0 Å². The number of aliphatic hydroxyl groups excluding tert-OH is 1. The fourth-order valence-electron chi connectivity index (χ4n) is 6.11. The molecule has 1 aliphatic heterocycles. The van der Waals surface area contributed by atoms with Crippen molar-refractivity contribution in [1.82, 2.24) is 24.8 Å². The molecule has 2 N–H and O–H groups in total. The van der Waals surface area contributed by atoms with Gasteiger partial charge in [0.15, 0.2) is 0 Å². The van der Waals surface area contributed by atoms with Crippen LogP contribution in [0, 0.1) is 6.92 Å². The first-order valence-electron chi connectivity index (χ1n) is 13.9. The normalized spacial score (nSPS) is 22.2. The molecule has 8 heteroatoms. The number of amides is 1. The number of pyridine rings is 1. The maximum atomic E-state index is 13.1. The molecule has 1 fully saturated rings. The minimum absolute atomic E-state index is 0.152. The first-order chi connectivity index (χ1) is 18.4. The van der Waals surface area contributed by atoms with Crippen molar-refractivity contribution in [3.05, 3.63) is 70.9 Å². The summed E-state index contributed by atoms with van der Waals surface area (Å²) < 4.78 is 7.29. The van der Waals surface area contributed by atoms with E-state index in [0.29, 0.717) is 31.1 Å². The molecule has 1 aromatic carbocycles. The number of carbonyl (C=O) groups excluding carboxylic acids is 1. The van der Waals surface area contributed by atoms with Crippen LogP contribution in [-0.2, 0) is 17.4 Å². The molecule has 5 rings (SSSR count). The number of aryl methyl sites for hydroxylation is 1. The molecule has 2 unspecified atom stereocenters. The molecule has 0 bridgehead atoms. The maximum Gasteiger partial charge on any atom is 0.270 e. The van der Waals surface area contributed by atoms with Gasteiger partial charge in [0.05, 0.1) is 25.2 Å². The number of benzene rings is 1. The van der Waals surface area contributed by atoms with Crippen molar-refractivity contribution in [1.29, 1.82) is 0 Å². The number of aliphatic hydroxyl groups is 1. The quantitative estimate of drug-likeness (QED) is 0.493. The van der Waals surface area contributed by atoms with Crippen LogP contribution in [0.25, 0.3) is 5.69 Å². The molecular formula is C31H41N5O3. The summed E-state index contributed by atoms with van der Waals surface area (Å²) in [6, 6.07) is 10.2. The Morgan fingerprint density at radius 1 is 1.10 bits per heavy atom. The first kappa shape index (κ1) is 27.3. The zero-order chi connectivity index (χ0) is 27.9. The highest BCUT2D eigenvalue weighted by Gasteiger charge is 2.37. The molecule has 39 heavy (non-hydrogen) atoms. The van der Waals surface area contributed by atoms with E-state index in [1.54, 1.807) is 12.4 Å². The molecule has 0 radical (unpaired) electrons. The van der Waals surface area contributed by atoms with Gasteiger partial charge in [-0.05, 0) is 65.8 Å². The van der Waals surface area contributed by atoms with Crippen molar-refractivity contribution in [3.63, 3.8) is 0 Å². The standard InChI is InChI=1S/C31H41N5O3/c1-20-15-36(19-32-20)27-10-9-26(34-29(27)39-6)28(38)33-22-14-23(37)18-35(17-22)16-21-7-8-24-25(13-21)31(4,5)12-11-30(24,2)3/h7-10,13,15,19,22-23,37H,11-12,14,16-18H2,1-6H3,(H,33,38). The Hall–Kier alpha value is -3.23. The van der Waals surface area contributed by atoms with Crippen LogP contribution in [-0.4, -0.2) is 62.8 Å². The van der Waals surface area contributed by atoms with Gasteiger partial charge in [0.2, 0.25) is 5.88 Å². The van der Waals surface area contributed by atoms with Gasteiger partial charge in [-0.2, -0.15) is 0 Å². The summed E-state index contributed by atoms with van der Waals surface area (Å²) in [7, 11) is 1.54. The summed E-state index contributed by atoms with van der Waals surface area (Å²) in [5.74, 6) is 0.0716. The van der Waals surface area contributed by atoms with E-state index in [1.165, 1.54) is 36.6 Å². The van der Waals surface area contributed by atoms with Crippen molar-refractivity contribution < 1.29 is 14.6 Å². The minimum atomic E-state index is -0.508. The summed E-state index contributed by atoms with van der Waals surface area (Å²) in [5, 5.41) is 13.8. The van der Waals surface area contributed by atoms with Crippen molar-refractivity contribution in [3.8, 4) is 11.6 Å². The second-order valence-electron chi connectivity index (χ2n) is 12.5. The Labute approximate surface area is 231 Å². The second-order valence-corrected chi connectivity index (χ2v) is 12.5. The summed E-state index contributed by atoms with van der Waals surface area (Å²) >= 11 is 0. The lowest BCUT2D eigenvalue weighted by Gasteiger charge is -2.42. The Bertz CT molecular complexity index is 1360. The van der Waals surface area contributed by atoms with E-state index < -0.39 is 6.10 Å². The number of fused-ring (bicyclic) bond motifs is 1. The number of piperidine rings is 1. The molecule has 1 aliphatic carbocycles. The van der Waals surface area contributed by atoms with Crippen LogP contribution in [0.5, 0.6) is 5.88 Å². The van der Waals surface area contributed by atoms with Gasteiger partial charge in [0.1, 0.15) is 11.4 Å². The molecular weight excluding hydrogens is 490 g/mol. The number of hydrogen-bond donors (Lipinski definition) is 2. The number of nitrogens with zero attached hydrogens (tertiary/aromatic N) is 4. The van der Waals surface area contributed by atoms with E-state index in [0.717, 1.165) is 12.2 Å². The lowest BCUT2D eigenvalue weighted by molar-refractivity contribution is 0.0458. The summed E-state index contributed by atoms with van der Waals surface area (Å²) in [4.78, 5) is 24.1. The zero-order valence-electron chi connectivity index (χ0n) is 24.0. The van der Waals surface area contributed by atoms with Crippen LogP contribution < -0.4 is 10.1 Å². The van der Waals surface area contributed by atoms with Gasteiger partial charge in [-0.3, -0.25) is 9.69 Å². The molecule has 3 aromatic rings. The fraction of sp³-hybridized carbons (Fsp3) is 0.516. The summed E-state index contributed by atoms with van der Waals surface area (Å²) in [6.07, 6.45) is 5.94. The van der Waals surface area contributed by atoms with Crippen LogP contribution in [0.15, 0.2) is 42.9 Å². The molecule has 2 aliphatic rings. The van der Waals surface area contributed by atoms with Crippen molar-refractivity contribution in [2.75, 3.05) is 20.2 Å². The smallest absolute Gasteiger partial charge is 0.270 e. The molecule has 208 valence electrons. The third-order valence-electron chi connectivity index (χ3n) is 8.42. The van der Waals surface area contributed by atoms with E-state index >= 15 is 0 Å². The second kappa shape index (κ2) is 10.4. The van der Waals surface area contributed by atoms with Crippen molar-refractivity contribution in [2.24, 2.45) is 0 Å². The van der Waals surface area contributed by atoms with Gasteiger partial charge in [-0.25, -0.2) is 9.97 Å². The Morgan fingerprint density at radius 3 is 2.54 bits per heavy atom. The van der Waals surface area contributed by atoms with E-state index in [-0.39, 0.29) is 28.5 Å². The third-order valence-corrected chi connectivity index (χ3v) is 8.42. The number of hydrogen-bond acceptors (Lipinski definition) is 6. The Balaban J connectivity index is 1.28. The topological polar surface area (TPSA) is 92.5 Å². The highest BCUT2D eigenvalue weighted by atomic mass is 16.5. The Kier molecular flexibility index (Phi) is 7.29. The van der Waals surface area contributed by atoms with Crippen LogP contribution in [0.1, 0.15) is 79.8 Å². The highest BCUT2D eigenvalue weighted by Crippen LogP contribution is 2.46. The average Bonchev–Trinajstić information content (AvgIpc) is 3.32. The van der Waals surface area contributed by atoms with Crippen LogP contribution >= 0.6 is 0 Å². The molecule has 1 saturated heterocycles. The van der Waals surface area contributed by atoms with Gasteiger partial charge in [0, 0.05) is 31.9 Å². The predicted octanol–water partition coefficient (Wildman–Crippen LogP) is 4.30. The minimum Gasteiger partial charge on any atom is -0.479 e. The largest absolute Gasteiger partial charge is 0.479 e. The molecule has 8 nitrogen and oxygen atoms in total. The fourth-order valence-corrected chi connectivity index (χ4v) is 6.11. The number of β-amino-alcohol motifs (C(OH)–C–C–N with tert-alkyl or cyclic N) is 1. The van der Waals surface area contributed by atoms with E-state index in [2.05, 4.69) is 66.1 Å². The summed E-state index contributed by atoms with van der Waals surface area (Å²) in [6.45, 7) is 13.3. The number of aromatic nitrogens is 3. The Morgan fingerprint density at radius 2 is 1.85 bits per heavy atom. The molecule has 0 saturated carbocycles. The third kappa shape index (κ3) is 5.72. The van der Waals surface area contributed by atoms with E-state index in [9.17, 15) is 9.90 Å². The van der Waals surface area contributed by atoms with E-state index in [4.69, 9.17) is 4.74 Å². The molecule has 1 amide bonds. The van der Waals surface area contributed by atoms with Crippen molar-refractivity contribution >= 4 is 5.91 Å². The molecule has 2 aromatic heterocycles. The van der Waals surface area contributed by atoms with Crippen LogP contribution in [0.3, 0.4) is 0 Å². The predicted molar refractivity (Wildman–Crippen MR) is 152 cm³/mol. The number of rotatable bonds is 6. The molecule has 0 spiro atoms. The lowest BCUT2D eigenvalue weighted by atomic mass is 9.63. The number of nitrogens with one attached hydrogen (secondary N) is 1. The number of carbonyl (C=O) groups is 1. The van der Waals surface area contributed by atoms with Gasteiger partial charge in [-0.15, -0.1) is 0 Å². The highest BCUT2D eigenvalue weighted by molar-refractivity contribution is 5.92. The number of methoxy groups -OCH3 is 1. The first-order valence-corrected chi connectivity index (χ1v) is 13.9. The number of likely N-dealkylation sites (tertiary alicyclic amines) is 1. The average molecular weight is 532 g/mol. The number of ether oxygens (including phenoxy) is 1. The summed E-state index contributed by atoms with van der Waals surface area (Å²) in [5.41, 5.74) is 6.34. The SMILES string of the molecule is COc1nc(C(=O)NC2CC(O)CN(Cc3ccc4c(c3)C(C)(C)CCC4(C)C)C2)ccc1-n1cnc(C)c1. The zero-order valence-corrected chi connectivity index (χ0v) is 24.0. The number of imidazole rings is 1. The van der Waals surface area contributed by atoms with Gasteiger partial charge < -0.3 is 19.7 Å². The van der Waals surface area contributed by atoms with Crippen LogP contribution in [0.2, 0.25) is 0 Å². The van der Waals surface area contributed by atoms with Gasteiger partial charge in [-0.1, -0.05) is 45.9 Å². The van der Waals surface area contributed by atoms with Crippen molar-refractivity contribution in [2.45, 2.75) is 83.4 Å². The van der Waals surface area contributed by atoms with Gasteiger partial charge >= 0.3 is 0 Å². The molecule has 2 atom stereocenters. The van der Waals surface area contributed by atoms with Gasteiger partial charge in [0.25, 0.3) is 5.91 Å². The molecule has 3 heterocycles.